The lowest BCUT2D eigenvalue weighted by Crippen LogP contribution is -2.47. The number of hydrogen-bond acceptors (Lipinski definition) is 8. The average molecular weight is 475 g/mol. The van der Waals surface area contributed by atoms with Gasteiger partial charge in [-0.05, 0) is 36.6 Å². The van der Waals surface area contributed by atoms with Crippen molar-refractivity contribution >= 4 is 40.1 Å². The second-order valence-corrected chi connectivity index (χ2v) is 9.21. The van der Waals surface area contributed by atoms with Gasteiger partial charge in [-0.25, -0.2) is 4.98 Å². The molecule has 0 aliphatic carbocycles. The molecule has 6 rings (SSSR count). The number of hydrogen-bond donors (Lipinski definition) is 1. The predicted molar refractivity (Wildman–Crippen MR) is 135 cm³/mol. The molecule has 5 aromatic rings. The summed E-state index contributed by atoms with van der Waals surface area (Å²) in [5, 5.41) is 5.41. The van der Waals surface area contributed by atoms with Crippen LogP contribution in [0.15, 0.2) is 64.2 Å². The summed E-state index contributed by atoms with van der Waals surface area (Å²) in [7, 11) is 0. The van der Waals surface area contributed by atoms with Crippen LogP contribution in [0.3, 0.4) is 0 Å². The minimum absolute atomic E-state index is 0.314. The molecule has 0 radical (unpaired) electrons. The summed E-state index contributed by atoms with van der Waals surface area (Å²) in [5.74, 6) is 1.42. The number of thioether (sulfide) groups is 1. The van der Waals surface area contributed by atoms with Crippen LogP contribution in [0.2, 0.25) is 0 Å². The molecule has 0 atom stereocenters. The fourth-order valence-electron chi connectivity index (χ4n) is 4.61. The first-order valence-electron chi connectivity index (χ1n) is 11.4. The lowest BCUT2D eigenvalue weighted by molar-refractivity contribution is 0.249. The fraction of sp³-hybridized carbons (Fsp3) is 0.292. The van der Waals surface area contributed by atoms with E-state index in [4.69, 9.17) is 10.2 Å². The quantitative estimate of drug-likeness (QED) is 0.374. The molecule has 0 unspecified atom stereocenters. The van der Waals surface area contributed by atoms with E-state index in [1.54, 1.807) is 10.8 Å². The Morgan fingerprint density at radius 1 is 0.971 bits per heavy atom. The van der Waals surface area contributed by atoms with Gasteiger partial charge in [0.25, 0.3) is 0 Å². The zero-order valence-corrected chi connectivity index (χ0v) is 19.8. The monoisotopic (exact) mass is 474 g/mol. The minimum atomic E-state index is 0.314. The van der Waals surface area contributed by atoms with Gasteiger partial charge in [0.2, 0.25) is 11.8 Å². The summed E-state index contributed by atoms with van der Waals surface area (Å²) in [6, 6.07) is 14.4. The van der Waals surface area contributed by atoms with Gasteiger partial charge in [-0.15, -0.1) is 16.9 Å². The van der Waals surface area contributed by atoms with E-state index in [2.05, 4.69) is 66.2 Å². The van der Waals surface area contributed by atoms with Crippen molar-refractivity contribution in [2.75, 3.05) is 49.6 Å². The van der Waals surface area contributed by atoms with Crippen molar-refractivity contribution in [2.45, 2.75) is 11.4 Å². The number of benzene rings is 1. The number of aromatic nitrogens is 5. The Morgan fingerprint density at radius 2 is 1.82 bits per heavy atom. The fourth-order valence-corrected chi connectivity index (χ4v) is 5.23. The van der Waals surface area contributed by atoms with Gasteiger partial charge in [0.15, 0.2) is 11.4 Å². The van der Waals surface area contributed by atoms with E-state index in [-0.39, 0.29) is 0 Å². The second kappa shape index (κ2) is 8.69. The normalized spacial score (nSPS) is 15.0. The number of para-hydroxylation sites is 1. The van der Waals surface area contributed by atoms with Crippen molar-refractivity contribution in [3.05, 3.63) is 54.9 Å². The molecule has 5 heterocycles. The summed E-state index contributed by atoms with van der Waals surface area (Å²) in [5.41, 5.74) is 9.10. The van der Waals surface area contributed by atoms with Crippen LogP contribution in [0.4, 0.5) is 11.6 Å². The van der Waals surface area contributed by atoms with E-state index < -0.39 is 0 Å². The summed E-state index contributed by atoms with van der Waals surface area (Å²) in [6.45, 7) is 5.94. The SMILES string of the molecule is CSc1ccccc1N1CCN(CCn2ccc3c2nc(N)n2nc(-c4ccco4)nc32)CC1. The maximum atomic E-state index is 6.24. The number of nitrogens with two attached hydrogens (primary N) is 1. The first-order valence-corrected chi connectivity index (χ1v) is 12.6. The number of nitrogen functional groups attached to an aromatic ring is 1. The minimum Gasteiger partial charge on any atom is -0.461 e. The Bertz CT molecular complexity index is 1430. The number of furan rings is 1. The molecule has 0 saturated carbocycles. The third-order valence-electron chi connectivity index (χ3n) is 6.42. The zero-order chi connectivity index (χ0) is 23.1. The van der Waals surface area contributed by atoms with E-state index in [9.17, 15) is 0 Å². The van der Waals surface area contributed by atoms with E-state index in [1.165, 1.54) is 10.6 Å². The molecular weight excluding hydrogens is 448 g/mol. The molecule has 0 spiro atoms. The van der Waals surface area contributed by atoms with Crippen molar-refractivity contribution in [1.29, 1.82) is 0 Å². The molecule has 34 heavy (non-hydrogen) atoms. The Morgan fingerprint density at radius 3 is 2.62 bits per heavy atom. The highest BCUT2D eigenvalue weighted by molar-refractivity contribution is 7.98. The molecule has 1 aromatic carbocycles. The molecule has 9 nitrogen and oxygen atoms in total. The first-order chi connectivity index (χ1) is 16.7. The van der Waals surface area contributed by atoms with Crippen LogP contribution in [-0.4, -0.2) is 68.0 Å². The highest BCUT2D eigenvalue weighted by Gasteiger charge is 2.20. The first kappa shape index (κ1) is 21.1. The van der Waals surface area contributed by atoms with Gasteiger partial charge in [-0.3, -0.25) is 4.90 Å². The summed E-state index contributed by atoms with van der Waals surface area (Å²) in [6.07, 6.45) is 5.81. The van der Waals surface area contributed by atoms with Crippen molar-refractivity contribution in [1.82, 2.24) is 29.0 Å². The summed E-state index contributed by atoms with van der Waals surface area (Å²) < 4.78 is 9.18. The lowest BCUT2D eigenvalue weighted by atomic mass is 10.2. The Balaban J connectivity index is 1.17. The molecule has 1 saturated heterocycles. The van der Waals surface area contributed by atoms with Gasteiger partial charge in [-0.1, -0.05) is 12.1 Å². The molecule has 0 bridgehead atoms. The van der Waals surface area contributed by atoms with Gasteiger partial charge in [-0.2, -0.15) is 9.50 Å². The molecule has 1 aliphatic heterocycles. The molecule has 0 amide bonds. The van der Waals surface area contributed by atoms with Gasteiger partial charge in [0.05, 0.1) is 17.3 Å². The van der Waals surface area contributed by atoms with Gasteiger partial charge < -0.3 is 19.6 Å². The van der Waals surface area contributed by atoms with E-state index in [0.29, 0.717) is 23.2 Å². The molecule has 174 valence electrons. The highest BCUT2D eigenvalue weighted by Crippen LogP contribution is 2.29. The molecule has 4 aromatic heterocycles. The predicted octanol–water partition coefficient (Wildman–Crippen LogP) is 3.47. The van der Waals surface area contributed by atoms with Crippen LogP contribution in [-0.2, 0) is 6.54 Å². The molecular formula is C24H26N8OS. The van der Waals surface area contributed by atoms with E-state index in [0.717, 1.165) is 50.3 Å². The topological polar surface area (TPSA) is 93.7 Å². The zero-order valence-electron chi connectivity index (χ0n) is 19.0. The van der Waals surface area contributed by atoms with E-state index in [1.807, 2.05) is 30.0 Å². The average Bonchev–Trinajstić information content (AvgIpc) is 3.63. The van der Waals surface area contributed by atoms with Crippen LogP contribution < -0.4 is 10.6 Å². The van der Waals surface area contributed by atoms with Gasteiger partial charge >= 0.3 is 0 Å². The maximum absolute atomic E-state index is 6.24. The maximum Gasteiger partial charge on any atom is 0.225 e. The number of anilines is 2. The van der Waals surface area contributed by atoms with Crippen LogP contribution in [0.1, 0.15) is 0 Å². The number of fused-ring (bicyclic) bond motifs is 3. The van der Waals surface area contributed by atoms with Crippen LogP contribution >= 0.6 is 11.8 Å². The van der Waals surface area contributed by atoms with Crippen molar-refractivity contribution in [3.8, 4) is 11.6 Å². The van der Waals surface area contributed by atoms with Crippen molar-refractivity contribution in [3.63, 3.8) is 0 Å². The largest absolute Gasteiger partial charge is 0.461 e. The van der Waals surface area contributed by atoms with Crippen molar-refractivity contribution < 1.29 is 4.42 Å². The third kappa shape index (κ3) is 3.68. The molecule has 10 heteroatoms. The van der Waals surface area contributed by atoms with Crippen LogP contribution in [0.25, 0.3) is 28.3 Å². The standard InChI is InChI=1S/C24H26N8OS/c1-34-20-7-3-2-5-18(20)30-13-10-29(11-14-30)12-15-31-9-8-17-22(31)27-24(25)32-23(17)26-21(28-32)19-6-4-16-33-19/h2-9,16H,10-15H2,1H3,(H2,25,27). The van der Waals surface area contributed by atoms with E-state index >= 15 is 0 Å². The highest BCUT2D eigenvalue weighted by atomic mass is 32.2. The van der Waals surface area contributed by atoms with Gasteiger partial charge in [0.1, 0.15) is 5.65 Å². The number of nitrogens with zero attached hydrogens (tertiary/aromatic N) is 7. The summed E-state index contributed by atoms with van der Waals surface area (Å²) >= 11 is 1.81. The molecule has 2 N–H and O–H groups in total. The molecule has 1 aliphatic rings. The second-order valence-electron chi connectivity index (χ2n) is 8.37. The van der Waals surface area contributed by atoms with Crippen LogP contribution in [0, 0.1) is 0 Å². The number of rotatable bonds is 6. The van der Waals surface area contributed by atoms with Crippen molar-refractivity contribution in [2.24, 2.45) is 0 Å². The Hall–Kier alpha value is -3.50. The molecule has 1 fully saturated rings. The number of piperazine rings is 1. The lowest BCUT2D eigenvalue weighted by Gasteiger charge is -2.36. The van der Waals surface area contributed by atoms with Crippen LogP contribution in [0.5, 0.6) is 0 Å². The van der Waals surface area contributed by atoms with Gasteiger partial charge in [0, 0.05) is 50.4 Å². The third-order valence-corrected chi connectivity index (χ3v) is 7.20. The summed E-state index contributed by atoms with van der Waals surface area (Å²) in [4.78, 5) is 15.6. The Labute approximate surface area is 201 Å². The Kier molecular flexibility index (Phi) is 5.39. The smallest absolute Gasteiger partial charge is 0.225 e.